The van der Waals surface area contributed by atoms with Crippen LogP contribution >= 0.6 is 38.9 Å². The maximum absolute atomic E-state index is 6.06. The van der Waals surface area contributed by atoms with Gasteiger partial charge in [-0.3, -0.25) is 0 Å². The minimum Gasteiger partial charge on any atom is -0.249 e. The Hall–Kier alpha value is -0.380. The Morgan fingerprint density at radius 2 is 2.31 bits per heavy atom. The van der Waals surface area contributed by atoms with Gasteiger partial charge in [-0.15, -0.1) is 11.3 Å². The van der Waals surface area contributed by atoms with Crippen molar-refractivity contribution in [3.05, 3.63) is 39.4 Å². The van der Waals surface area contributed by atoms with Crippen LogP contribution in [-0.2, 0) is 0 Å². The predicted molar refractivity (Wildman–Crippen MR) is 60.3 cm³/mol. The summed E-state index contributed by atoms with van der Waals surface area (Å²) in [6.45, 7) is 0. The first kappa shape index (κ1) is 9.19. The lowest BCUT2D eigenvalue weighted by atomic mass is 10.2. The first-order chi connectivity index (χ1) is 6.27. The lowest BCUT2D eigenvalue weighted by Crippen LogP contribution is -1.79. The van der Waals surface area contributed by atoms with Gasteiger partial charge in [0.2, 0.25) is 0 Å². The molecule has 0 fully saturated rings. The summed E-state index contributed by atoms with van der Waals surface area (Å²) >= 11 is 11.0. The van der Waals surface area contributed by atoms with Crippen LogP contribution in [0.15, 0.2) is 34.4 Å². The van der Waals surface area contributed by atoms with E-state index in [1.54, 1.807) is 23.6 Å². The molecule has 0 saturated heterocycles. The minimum absolute atomic E-state index is 0.726. The van der Waals surface area contributed by atoms with Crippen LogP contribution in [0.5, 0.6) is 0 Å². The number of thiophene rings is 1. The molecule has 0 amide bonds. The SMILES string of the molecule is Clc1cc(Br)ncc1-c1cccs1. The highest BCUT2D eigenvalue weighted by molar-refractivity contribution is 9.10. The largest absolute Gasteiger partial charge is 0.249 e. The smallest absolute Gasteiger partial charge is 0.107 e. The second kappa shape index (κ2) is 3.78. The van der Waals surface area contributed by atoms with Crippen molar-refractivity contribution in [2.75, 3.05) is 0 Å². The first-order valence-corrected chi connectivity index (χ1v) is 5.67. The quantitative estimate of drug-likeness (QED) is 0.709. The van der Waals surface area contributed by atoms with Crippen molar-refractivity contribution in [2.45, 2.75) is 0 Å². The number of halogens is 2. The lowest BCUT2D eigenvalue weighted by molar-refractivity contribution is 1.28. The summed E-state index contributed by atoms with van der Waals surface area (Å²) in [4.78, 5) is 5.28. The van der Waals surface area contributed by atoms with Gasteiger partial charge in [0.1, 0.15) is 4.60 Å². The Morgan fingerprint density at radius 3 is 2.92 bits per heavy atom. The van der Waals surface area contributed by atoms with Gasteiger partial charge in [0, 0.05) is 16.6 Å². The average molecular weight is 275 g/mol. The van der Waals surface area contributed by atoms with Gasteiger partial charge in [-0.2, -0.15) is 0 Å². The van der Waals surface area contributed by atoms with Crippen molar-refractivity contribution in [3.63, 3.8) is 0 Å². The summed E-state index contributed by atoms with van der Waals surface area (Å²) in [5.41, 5.74) is 0.986. The summed E-state index contributed by atoms with van der Waals surface area (Å²) in [7, 11) is 0. The number of hydrogen-bond acceptors (Lipinski definition) is 2. The highest BCUT2D eigenvalue weighted by Crippen LogP contribution is 2.31. The Kier molecular flexibility index (Phi) is 2.67. The number of pyridine rings is 1. The zero-order valence-corrected chi connectivity index (χ0v) is 9.66. The molecular weight excluding hydrogens is 270 g/mol. The summed E-state index contributed by atoms with van der Waals surface area (Å²) in [6.07, 6.45) is 1.78. The number of nitrogens with zero attached hydrogens (tertiary/aromatic N) is 1. The molecule has 0 atom stereocenters. The van der Waals surface area contributed by atoms with Crippen LogP contribution in [0.25, 0.3) is 10.4 Å². The predicted octanol–water partition coefficient (Wildman–Crippen LogP) is 4.23. The van der Waals surface area contributed by atoms with Crippen molar-refractivity contribution in [1.82, 2.24) is 4.98 Å². The average Bonchev–Trinajstić information content (AvgIpc) is 2.56. The van der Waals surface area contributed by atoms with Crippen LogP contribution < -0.4 is 0 Å². The Morgan fingerprint density at radius 1 is 1.46 bits per heavy atom. The van der Waals surface area contributed by atoms with Crippen LogP contribution in [0.2, 0.25) is 5.02 Å². The Balaban J connectivity index is 2.53. The number of hydrogen-bond donors (Lipinski definition) is 0. The van der Waals surface area contributed by atoms with E-state index < -0.39 is 0 Å². The van der Waals surface area contributed by atoms with Crippen LogP contribution in [0.3, 0.4) is 0 Å². The van der Waals surface area contributed by atoms with Crippen molar-refractivity contribution in [2.24, 2.45) is 0 Å². The fourth-order valence-electron chi connectivity index (χ4n) is 1.02. The van der Waals surface area contributed by atoms with Crippen LogP contribution in [0.1, 0.15) is 0 Å². The standard InChI is InChI=1S/C9H5BrClNS/c10-9-4-7(11)6(5-12-9)8-2-1-3-13-8/h1-5H. The molecule has 4 heteroatoms. The molecule has 2 aromatic heterocycles. The first-order valence-electron chi connectivity index (χ1n) is 3.62. The molecule has 0 aliphatic rings. The zero-order valence-electron chi connectivity index (χ0n) is 6.50. The fourth-order valence-corrected chi connectivity index (χ4v) is 2.54. The van der Waals surface area contributed by atoms with Gasteiger partial charge in [-0.05, 0) is 33.4 Å². The Labute approximate surface area is 93.5 Å². The van der Waals surface area contributed by atoms with E-state index in [2.05, 4.69) is 20.9 Å². The van der Waals surface area contributed by atoms with Crippen molar-refractivity contribution < 1.29 is 0 Å². The molecular formula is C9H5BrClNS. The lowest BCUT2D eigenvalue weighted by Gasteiger charge is -2.00. The summed E-state index contributed by atoms with van der Waals surface area (Å²) in [5, 5.41) is 2.75. The van der Waals surface area contributed by atoms with Crippen LogP contribution in [0, 0.1) is 0 Å². The van der Waals surface area contributed by atoms with Gasteiger partial charge in [0.15, 0.2) is 0 Å². The van der Waals surface area contributed by atoms with Gasteiger partial charge in [-0.25, -0.2) is 4.98 Å². The van der Waals surface area contributed by atoms with E-state index in [0.29, 0.717) is 0 Å². The topological polar surface area (TPSA) is 12.9 Å². The van der Waals surface area contributed by atoms with Crippen molar-refractivity contribution in [1.29, 1.82) is 0 Å². The summed E-state index contributed by atoms with van der Waals surface area (Å²) < 4.78 is 0.762. The fraction of sp³-hybridized carbons (Fsp3) is 0. The van der Waals surface area contributed by atoms with Crippen LogP contribution in [0.4, 0.5) is 0 Å². The maximum atomic E-state index is 6.06. The second-order valence-electron chi connectivity index (χ2n) is 2.46. The highest BCUT2D eigenvalue weighted by atomic mass is 79.9. The van der Waals surface area contributed by atoms with Gasteiger partial charge >= 0.3 is 0 Å². The van der Waals surface area contributed by atoms with Gasteiger partial charge in [0.05, 0.1) is 5.02 Å². The van der Waals surface area contributed by atoms with E-state index in [-0.39, 0.29) is 0 Å². The third-order valence-electron chi connectivity index (χ3n) is 1.61. The number of aromatic nitrogens is 1. The van der Waals surface area contributed by atoms with E-state index in [4.69, 9.17) is 11.6 Å². The summed E-state index contributed by atoms with van der Waals surface area (Å²) in [6, 6.07) is 5.83. The van der Waals surface area contributed by atoms with E-state index in [0.717, 1.165) is 20.1 Å². The molecule has 0 unspecified atom stereocenters. The molecule has 0 aliphatic carbocycles. The number of rotatable bonds is 1. The molecule has 1 nitrogen and oxygen atoms in total. The van der Waals surface area contributed by atoms with Gasteiger partial charge < -0.3 is 0 Å². The molecule has 0 spiro atoms. The second-order valence-corrected chi connectivity index (χ2v) is 4.63. The van der Waals surface area contributed by atoms with E-state index in [9.17, 15) is 0 Å². The molecule has 2 rings (SSSR count). The monoisotopic (exact) mass is 273 g/mol. The minimum atomic E-state index is 0.726. The maximum Gasteiger partial charge on any atom is 0.107 e. The third kappa shape index (κ3) is 1.93. The zero-order chi connectivity index (χ0) is 9.26. The molecule has 0 aromatic carbocycles. The third-order valence-corrected chi connectivity index (χ3v) is 3.26. The molecule has 0 bridgehead atoms. The molecule has 2 heterocycles. The highest BCUT2D eigenvalue weighted by Gasteiger charge is 2.04. The van der Waals surface area contributed by atoms with E-state index >= 15 is 0 Å². The molecule has 2 aromatic rings. The molecule has 0 saturated carbocycles. The molecule has 66 valence electrons. The van der Waals surface area contributed by atoms with Crippen molar-refractivity contribution >= 4 is 38.9 Å². The molecule has 0 radical (unpaired) electrons. The molecule has 0 N–H and O–H groups in total. The Bertz CT molecular complexity index is 414. The molecule has 0 aliphatic heterocycles. The van der Waals surface area contributed by atoms with Crippen molar-refractivity contribution in [3.8, 4) is 10.4 Å². The summed E-state index contributed by atoms with van der Waals surface area (Å²) in [5.74, 6) is 0. The van der Waals surface area contributed by atoms with Gasteiger partial charge in [0.25, 0.3) is 0 Å². The van der Waals surface area contributed by atoms with E-state index in [1.165, 1.54) is 0 Å². The normalized spacial score (nSPS) is 10.3. The molecule has 13 heavy (non-hydrogen) atoms. The van der Waals surface area contributed by atoms with E-state index in [1.807, 2.05) is 17.5 Å². The van der Waals surface area contributed by atoms with Gasteiger partial charge in [-0.1, -0.05) is 17.7 Å². The van der Waals surface area contributed by atoms with Crippen LogP contribution in [-0.4, -0.2) is 4.98 Å².